The molecule has 1 aromatic heterocycles. The van der Waals surface area contributed by atoms with E-state index in [0.717, 1.165) is 11.8 Å². The molecular weight excluding hydrogens is 493 g/mol. The van der Waals surface area contributed by atoms with Gasteiger partial charge in [0.25, 0.3) is 5.91 Å². The third-order valence-corrected chi connectivity index (χ3v) is 6.03. The molecule has 2 aromatic carbocycles. The molecule has 7 nitrogen and oxygen atoms in total. The fourth-order valence-electron chi connectivity index (χ4n) is 2.79. The van der Waals surface area contributed by atoms with Crippen LogP contribution in [0, 0.1) is 5.92 Å². The Labute approximate surface area is 204 Å². The first-order chi connectivity index (χ1) is 15.2. The lowest BCUT2D eigenvalue weighted by Gasteiger charge is -2.19. The second kappa shape index (κ2) is 11.0. The molecule has 168 valence electrons. The first kappa shape index (κ1) is 24.4. The summed E-state index contributed by atoms with van der Waals surface area (Å²) in [6.07, 6.45) is 0. The molecule has 1 heterocycles. The molecule has 0 bridgehead atoms. The molecule has 3 aromatic rings. The lowest BCUT2D eigenvalue weighted by molar-refractivity contribution is -0.113. The highest BCUT2D eigenvalue weighted by atomic mass is 35.5. The van der Waals surface area contributed by atoms with E-state index in [1.165, 1.54) is 12.1 Å². The smallest absolute Gasteiger partial charge is 0.251 e. The lowest BCUT2D eigenvalue weighted by Crippen LogP contribution is -2.32. The van der Waals surface area contributed by atoms with E-state index < -0.39 is 0 Å². The van der Waals surface area contributed by atoms with Crippen LogP contribution >= 0.6 is 46.6 Å². The summed E-state index contributed by atoms with van der Waals surface area (Å²) in [4.78, 5) is 29.3. The van der Waals surface area contributed by atoms with Crippen molar-refractivity contribution >= 4 is 64.1 Å². The van der Waals surface area contributed by atoms with Crippen LogP contribution in [0.4, 0.5) is 5.69 Å². The van der Waals surface area contributed by atoms with E-state index in [2.05, 4.69) is 25.8 Å². The number of amides is 2. The van der Waals surface area contributed by atoms with E-state index >= 15 is 0 Å². The second-order valence-corrected chi connectivity index (χ2v) is 9.34. The molecule has 1 unspecified atom stereocenters. The Kier molecular flexibility index (Phi) is 8.42. The molecule has 0 aliphatic heterocycles. The van der Waals surface area contributed by atoms with Crippen molar-refractivity contribution in [2.45, 2.75) is 25.0 Å². The molecule has 11 heteroatoms. The number of hydrogen-bond acceptors (Lipinski definition) is 5. The molecule has 0 spiro atoms. The maximum Gasteiger partial charge on any atom is 0.251 e. The maximum atomic E-state index is 12.5. The topological polar surface area (TPSA) is 99.8 Å². The average molecular weight is 513 g/mol. The van der Waals surface area contributed by atoms with Crippen molar-refractivity contribution in [1.82, 2.24) is 20.5 Å². The minimum atomic E-state index is -0.370. The molecule has 0 saturated carbocycles. The number of carbonyl (C=O) groups excluding carboxylic acids is 2. The van der Waals surface area contributed by atoms with E-state index in [0.29, 0.717) is 27.3 Å². The molecule has 0 saturated heterocycles. The van der Waals surface area contributed by atoms with E-state index in [-0.39, 0.29) is 39.6 Å². The highest BCUT2D eigenvalue weighted by Crippen LogP contribution is 2.33. The number of aromatic nitrogens is 3. The number of aromatic amines is 1. The Balaban J connectivity index is 1.61. The van der Waals surface area contributed by atoms with Crippen LogP contribution in [0.25, 0.3) is 0 Å². The minimum Gasteiger partial charge on any atom is -0.342 e. The monoisotopic (exact) mass is 511 g/mol. The fraction of sp³-hybridized carbons (Fsp3) is 0.238. The molecular formula is C21H20Cl3N5O2S. The molecule has 32 heavy (non-hydrogen) atoms. The van der Waals surface area contributed by atoms with Gasteiger partial charge in [-0.25, -0.2) is 4.98 Å². The summed E-state index contributed by atoms with van der Waals surface area (Å²) >= 11 is 19.2. The number of carbonyl (C=O) groups is 2. The quantitative estimate of drug-likeness (QED) is 0.340. The number of thioether (sulfide) groups is 1. The van der Waals surface area contributed by atoms with Gasteiger partial charge in [0, 0.05) is 10.6 Å². The molecule has 0 radical (unpaired) electrons. The minimum absolute atomic E-state index is 0.0370. The molecule has 3 N–H and O–H groups in total. The summed E-state index contributed by atoms with van der Waals surface area (Å²) in [6.45, 7) is 3.94. The van der Waals surface area contributed by atoms with Crippen LogP contribution in [0.5, 0.6) is 0 Å². The summed E-state index contributed by atoms with van der Waals surface area (Å²) < 4.78 is 0. The molecule has 2 amide bonds. The van der Waals surface area contributed by atoms with Gasteiger partial charge in [-0.05, 0) is 30.2 Å². The first-order valence-electron chi connectivity index (χ1n) is 9.60. The van der Waals surface area contributed by atoms with E-state index in [4.69, 9.17) is 34.8 Å². The number of benzene rings is 2. The highest BCUT2D eigenvalue weighted by Gasteiger charge is 2.23. The standard InChI is InChI=1S/C21H20Cl3N5O2S/c1-11(2)17(26-20(31)12-6-4-3-5-7-12)19-27-21(29-28-19)32-10-16(30)25-18-14(23)8-13(22)9-15(18)24/h3-9,11,17H,10H2,1-2H3,(H,25,30)(H,26,31)(H,27,28,29). The van der Waals surface area contributed by atoms with Gasteiger partial charge in [-0.1, -0.05) is 78.6 Å². The second-order valence-electron chi connectivity index (χ2n) is 7.15. The van der Waals surface area contributed by atoms with Crippen LogP contribution in [0.1, 0.15) is 36.1 Å². The third kappa shape index (κ3) is 6.38. The number of hydrogen-bond donors (Lipinski definition) is 3. The van der Waals surface area contributed by atoms with E-state index in [9.17, 15) is 9.59 Å². The fourth-order valence-corrected chi connectivity index (χ4v) is 4.31. The summed E-state index contributed by atoms with van der Waals surface area (Å²) in [5, 5.41) is 13.9. The molecule has 1 atom stereocenters. The van der Waals surface area contributed by atoms with Gasteiger partial charge in [0.2, 0.25) is 11.1 Å². The van der Waals surface area contributed by atoms with Crippen molar-refractivity contribution in [3.8, 4) is 0 Å². The van der Waals surface area contributed by atoms with Gasteiger partial charge < -0.3 is 10.6 Å². The van der Waals surface area contributed by atoms with Gasteiger partial charge in [0.1, 0.15) is 5.82 Å². The number of nitrogens with one attached hydrogen (secondary N) is 3. The predicted octanol–water partition coefficient (Wildman–Crippen LogP) is 5.62. The molecule has 3 rings (SSSR count). The zero-order valence-electron chi connectivity index (χ0n) is 17.2. The summed E-state index contributed by atoms with van der Waals surface area (Å²) in [6, 6.07) is 11.6. The highest BCUT2D eigenvalue weighted by molar-refractivity contribution is 7.99. The SMILES string of the molecule is CC(C)C(NC(=O)c1ccccc1)c1nc(SCC(=O)Nc2c(Cl)cc(Cl)cc2Cl)n[nH]1. The van der Waals surface area contributed by atoms with Crippen LogP contribution in [0.2, 0.25) is 15.1 Å². The van der Waals surface area contributed by atoms with Crippen molar-refractivity contribution in [2.24, 2.45) is 5.92 Å². The molecule has 0 aliphatic carbocycles. The van der Waals surface area contributed by atoms with Gasteiger partial charge in [0.05, 0.1) is 27.5 Å². The van der Waals surface area contributed by atoms with Gasteiger partial charge >= 0.3 is 0 Å². The number of anilines is 1. The maximum absolute atomic E-state index is 12.5. The summed E-state index contributed by atoms with van der Waals surface area (Å²) in [5.74, 6) is 0.0770. The number of halogens is 3. The van der Waals surface area contributed by atoms with Crippen molar-refractivity contribution in [1.29, 1.82) is 0 Å². The van der Waals surface area contributed by atoms with Gasteiger partial charge in [-0.2, -0.15) is 0 Å². The average Bonchev–Trinajstić information content (AvgIpc) is 3.22. The number of nitrogens with zero attached hydrogens (tertiary/aromatic N) is 2. The Morgan fingerprint density at radius 2 is 1.75 bits per heavy atom. The Morgan fingerprint density at radius 1 is 1.09 bits per heavy atom. The van der Waals surface area contributed by atoms with Gasteiger partial charge in [-0.15, -0.1) is 5.10 Å². The normalized spacial score (nSPS) is 11.9. The number of H-pyrrole nitrogens is 1. The third-order valence-electron chi connectivity index (χ3n) is 4.37. The first-order valence-corrected chi connectivity index (χ1v) is 11.7. The molecule has 0 aliphatic rings. The Morgan fingerprint density at radius 3 is 2.38 bits per heavy atom. The van der Waals surface area contributed by atoms with Gasteiger partial charge in [0.15, 0.2) is 0 Å². The largest absolute Gasteiger partial charge is 0.342 e. The van der Waals surface area contributed by atoms with E-state index in [1.54, 1.807) is 24.3 Å². The lowest BCUT2D eigenvalue weighted by atomic mass is 10.0. The zero-order chi connectivity index (χ0) is 23.3. The van der Waals surface area contributed by atoms with Crippen LogP contribution in [-0.2, 0) is 4.79 Å². The summed E-state index contributed by atoms with van der Waals surface area (Å²) in [7, 11) is 0. The van der Waals surface area contributed by atoms with Crippen molar-refractivity contribution in [3.63, 3.8) is 0 Å². The zero-order valence-corrected chi connectivity index (χ0v) is 20.2. The van der Waals surface area contributed by atoms with E-state index in [1.807, 2.05) is 19.9 Å². The summed E-state index contributed by atoms with van der Waals surface area (Å²) in [5.41, 5.74) is 0.853. The Hall–Kier alpha value is -2.26. The Bertz CT molecular complexity index is 1080. The van der Waals surface area contributed by atoms with Crippen LogP contribution in [0.3, 0.4) is 0 Å². The number of rotatable bonds is 8. The molecule has 0 fully saturated rings. The van der Waals surface area contributed by atoms with Crippen LogP contribution in [0.15, 0.2) is 47.6 Å². The van der Waals surface area contributed by atoms with Crippen LogP contribution < -0.4 is 10.6 Å². The van der Waals surface area contributed by atoms with Crippen molar-refractivity contribution in [3.05, 3.63) is 68.9 Å². The predicted molar refractivity (Wildman–Crippen MR) is 129 cm³/mol. The van der Waals surface area contributed by atoms with Crippen molar-refractivity contribution in [2.75, 3.05) is 11.1 Å². The van der Waals surface area contributed by atoms with Crippen molar-refractivity contribution < 1.29 is 9.59 Å². The van der Waals surface area contributed by atoms with Gasteiger partial charge in [-0.3, -0.25) is 14.7 Å². The van der Waals surface area contributed by atoms with Crippen LogP contribution in [-0.4, -0.2) is 32.7 Å².